The third-order valence-electron chi connectivity index (χ3n) is 5.03. The van der Waals surface area contributed by atoms with E-state index in [1.165, 1.54) is 17.7 Å². The maximum atomic E-state index is 13.5. The highest BCUT2D eigenvalue weighted by Crippen LogP contribution is 2.26. The first-order chi connectivity index (χ1) is 12.9. The summed E-state index contributed by atoms with van der Waals surface area (Å²) in [5.41, 5.74) is 1.05. The second kappa shape index (κ2) is 6.63. The fraction of sp³-hybridized carbons (Fsp3) is 0.389. The molecule has 27 heavy (non-hydrogen) atoms. The SMILES string of the molecule is Cn1c(=O)c2c(nc3n2CCCCN3Cc2ccc(F)c(Br)c2)n(C)c1=O. The van der Waals surface area contributed by atoms with E-state index < -0.39 is 5.69 Å². The Morgan fingerprint density at radius 1 is 1.15 bits per heavy atom. The van der Waals surface area contributed by atoms with Crippen LogP contribution in [0.4, 0.5) is 10.3 Å². The minimum Gasteiger partial charge on any atom is -0.338 e. The average Bonchev–Trinajstić information content (AvgIpc) is 2.92. The standard InChI is InChI=1S/C18H19BrFN5O2/c1-22-15-14(16(26)23(2)18(22)27)25-8-4-3-7-24(17(25)21-15)10-11-5-6-13(20)12(19)9-11/h5-6,9H,3-4,7-8,10H2,1-2H3. The Morgan fingerprint density at radius 2 is 1.89 bits per heavy atom. The first-order valence-corrected chi connectivity index (χ1v) is 9.53. The van der Waals surface area contributed by atoms with Gasteiger partial charge in [0.2, 0.25) is 5.95 Å². The van der Waals surface area contributed by atoms with E-state index in [2.05, 4.69) is 25.8 Å². The summed E-state index contributed by atoms with van der Waals surface area (Å²) in [6.07, 6.45) is 1.87. The lowest BCUT2D eigenvalue weighted by Gasteiger charge is -2.22. The van der Waals surface area contributed by atoms with Crippen molar-refractivity contribution in [2.45, 2.75) is 25.9 Å². The minimum absolute atomic E-state index is 0.305. The van der Waals surface area contributed by atoms with Gasteiger partial charge in [-0.1, -0.05) is 6.07 Å². The molecule has 0 fully saturated rings. The highest BCUT2D eigenvalue weighted by Gasteiger charge is 2.24. The van der Waals surface area contributed by atoms with Gasteiger partial charge in [-0.05, 0) is 46.5 Å². The van der Waals surface area contributed by atoms with Crippen molar-refractivity contribution >= 4 is 33.0 Å². The number of fused-ring (bicyclic) bond motifs is 3. The van der Waals surface area contributed by atoms with Crippen molar-refractivity contribution in [3.8, 4) is 0 Å². The van der Waals surface area contributed by atoms with Crippen molar-refractivity contribution in [2.24, 2.45) is 14.1 Å². The van der Waals surface area contributed by atoms with Crippen LogP contribution in [0.1, 0.15) is 18.4 Å². The Bertz CT molecular complexity index is 1160. The highest BCUT2D eigenvalue weighted by atomic mass is 79.9. The van der Waals surface area contributed by atoms with Gasteiger partial charge >= 0.3 is 5.69 Å². The van der Waals surface area contributed by atoms with E-state index in [0.29, 0.717) is 34.7 Å². The summed E-state index contributed by atoms with van der Waals surface area (Å²) in [5, 5.41) is 0. The molecule has 9 heteroatoms. The van der Waals surface area contributed by atoms with Gasteiger partial charge in [0.1, 0.15) is 5.82 Å². The summed E-state index contributed by atoms with van der Waals surface area (Å²) >= 11 is 3.22. The molecule has 4 rings (SSSR count). The number of imidazole rings is 1. The zero-order valence-electron chi connectivity index (χ0n) is 15.1. The Morgan fingerprint density at radius 3 is 2.63 bits per heavy atom. The van der Waals surface area contributed by atoms with Gasteiger partial charge in [0, 0.05) is 33.7 Å². The lowest BCUT2D eigenvalue weighted by molar-refractivity contribution is 0.619. The van der Waals surface area contributed by atoms with Crippen LogP contribution < -0.4 is 16.1 Å². The molecule has 1 aliphatic heterocycles. The van der Waals surface area contributed by atoms with Crippen molar-refractivity contribution in [3.63, 3.8) is 0 Å². The van der Waals surface area contributed by atoms with Crippen LogP contribution in [0.2, 0.25) is 0 Å². The number of hydrogen-bond acceptors (Lipinski definition) is 4. The molecule has 0 bridgehead atoms. The topological polar surface area (TPSA) is 65.1 Å². The molecule has 0 spiro atoms. The molecule has 0 atom stereocenters. The first-order valence-electron chi connectivity index (χ1n) is 8.73. The van der Waals surface area contributed by atoms with Crippen molar-refractivity contribution < 1.29 is 4.39 Å². The molecule has 3 aromatic rings. The van der Waals surface area contributed by atoms with Gasteiger partial charge in [0.25, 0.3) is 5.56 Å². The maximum absolute atomic E-state index is 13.5. The van der Waals surface area contributed by atoms with Crippen LogP contribution in [0.15, 0.2) is 32.3 Å². The molecule has 2 aromatic heterocycles. The maximum Gasteiger partial charge on any atom is 0.332 e. The van der Waals surface area contributed by atoms with Crippen LogP contribution in [0, 0.1) is 5.82 Å². The van der Waals surface area contributed by atoms with Gasteiger partial charge in [-0.2, -0.15) is 4.98 Å². The second-order valence-corrected chi connectivity index (χ2v) is 7.67. The summed E-state index contributed by atoms with van der Waals surface area (Å²) in [5.74, 6) is 0.363. The number of aromatic nitrogens is 4. The van der Waals surface area contributed by atoms with Gasteiger partial charge in [-0.3, -0.25) is 13.9 Å². The Balaban J connectivity index is 1.87. The molecule has 0 unspecified atom stereocenters. The Kier molecular flexibility index (Phi) is 4.41. The van der Waals surface area contributed by atoms with Gasteiger partial charge < -0.3 is 9.47 Å². The van der Waals surface area contributed by atoms with Crippen molar-refractivity contribution in [3.05, 3.63) is 54.9 Å². The van der Waals surface area contributed by atoms with E-state index in [0.717, 1.165) is 29.5 Å². The summed E-state index contributed by atoms with van der Waals surface area (Å²) in [7, 11) is 3.10. The first kappa shape index (κ1) is 18.0. The van der Waals surface area contributed by atoms with Crippen LogP contribution in [-0.2, 0) is 27.2 Å². The van der Waals surface area contributed by atoms with E-state index in [1.807, 2.05) is 4.57 Å². The van der Waals surface area contributed by atoms with Gasteiger partial charge in [0.15, 0.2) is 11.2 Å². The summed E-state index contributed by atoms with van der Waals surface area (Å²) < 4.78 is 18.4. The average molecular weight is 436 g/mol. The van der Waals surface area contributed by atoms with E-state index in [9.17, 15) is 14.0 Å². The van der Waals surface area contributed by atoms with E-state index in [1.54, 1.807) is 19.2 Å². The molecule has 1 aromatic carbocycles. The van der Waals surface area contributed by atoms with Crippen LogP contribution >= 0.6 is 15.9 Å². The number of anilines is 1. The molecule has 1 aliphatic rings. The molecule has 7 nitrogen and oxygen atoms in total. The van der Waals surface area contributed by atoms with Gasteiger partial charge in [-0.25, -0.2) is 9.18 Å². The van der Waals surface area contributed by atoms with E-state index in [4.69, 9.17) is 0 Å². The number of rotatable bonds is 2. The number of aryl methyl sites for hydroxylation is 2. The number of nitrogens with zero attached hydrogens (tertiary/aromatic N) is 5. The molecular weight excluding hydrogens is 417 g/mol. The van der Waals surface area contributed by atoms with Gasteiger partial charge in [-0.15, -0.1) is 0 Å². The van der Waals surface area contributed by atoms with Gasteiger partial charge in [0.05, 0.1) is 4.47 Å². The lowest BCUT2D eigenvalue weighted by Crippen LogP contribution is -2.37. The largest absolute Gasteiger partial charge is 0.338 e. The Hall–Kier alpha value is -2.42. The van der Waals surface area contributed by atoms with Crippen LogP contribution in [0.3, 0.4) is 0 Å². The summed E-state index contributed by atoms with van der Waals surface area (Å²) in [6.45, 7) is 1.98. The summed E-state index contributed by atoms with van der Waals surface area (Å²) in [6, 6.07) is 4.93. The van der Waals surface area contributed by atoms with Crippen LogP contribution in [-0.4, -0.2) is 25.2 Å². The van der Waals surface area contributed by atoms with Crippen molar-refractivity contribution in [1.29, 1.82) is 0 Å². The molecule has 0 aliphatic carbocycles. The van der Waals surface area contributed by atoms with E-state index in [-0.39, 0.29) is 11.4 Å². The molecule has 142 valence electrons. The molecule has 0 amide bonds. The van der Waals surface area contributed by atoms with Crippen LogP contribution in [0.25, 0.3) is 11.2 Å². The fourth-order valence-electron chi connectivity index (χ4n) is 3.57. The third-order valence-corrected chi connectivity index (χ3v) is 5.64. The second-order valence-electron chi connectivity index (χ2n) is 6.82. The zero-order chi connectivity index (χ0) is 19.3. The monoisotopic (exact) mass is 435 g/mol. The third kappa shape index (κ3) is 2.90. The minimum atomic E-state index is -0.394. The summed E-state index contributed by atoms with van der Waals surface area (Å²) in [4.78, 5) is 31.7. The zero-order valence-corrected chi connectivity index (χ0v) is 16.7. The van der Waals surface area contributed by atoms with Crippen LogP contribution in [0.5, 0.6) is 0 Å². The molecule has 0 radical (unpaired) electrons. The van der Waals surface area contributed by atoms with Crippen molar-refractivity contribution in [2.75, 3.05) is 11.4 Å². The molecule has 0 N–H and O–H groups in total. The quantitative estimate of drug-likeness (QED) is 0.618. The predicted octanol–water partition coefficient (Wildman–Crippen LogP) is 2.14. The number of benzene rings is 1. The number of halogens is 2. The Labute approximate surface area is 162 Å². The lowest BCUT2D eigenvalue weighted by atomic mass is 10.2. The van der Waals surface area contributed by atoms with Crippen molar-refractivity contribution in [1.82, 2.24) is 18.7 Å². The molecule has 3 heterocycles. The molecule has 0 saturated carbocycles. The van der Waals surface area contributed by atoms with E-state index >= 15 is 0 Å². The normalized spacial score (nSPS) is 14.4. The fourth-order valence-corrected chi connectivity index (χ4v) is 4.00. The predicted molar refractivity (Wildman–Crippen MR) is 105 cm³/mol. The highest BCUT2D eigenvalue weighted by molar-refractivity contribution is 9.10. The number of hydrogen-bond donors (Lipinski definition) is 0. The molecule has 0 saturated heterocycles. The molecular formula is C18H19BrFN5O2. The smallest absolute Gasteiger partial charge is 0.332 e.